The first-order chi connectivity index (χ1) is 18.7. The van der Waals surface area contributed by atoms with Crippen molar-refractivity contribution < 1.29 is 19.7 Å². The summed E-state index contributed by atoms with van der Waals surface area (Å²) in [6.07, 6.45) is 7.57. The van der Waals surface area contributed by atoms with Crippen LogP contribution in [0.1, 0.15) is 22.3 Å². The number of phenolic OH excluding ortho intramolecular Hbond substituents is 2. The molecule has 2 saturated heterocycles. The van der Waals surface area contributed by atoms with Gasteiger partial charge in [-0.05, 0) is 35.4 Å². The van der Waals surface area contributed by atoms with Crippen molar-refractivity contribution in [2.75, 3.05) is 52.6 Å². The standard InChI is InChI=1S/C30H32N4O4/c35-29-23(19-33-9-13-37-14-10-33)17-21(25-3-1-7-31-27(25)29)5-6-22-18-24(20-34-11-15-38-16-12-34)30(36)28-26(22)4-2-8-32-28/h1-8,17-18,35-36H,9-16,19-20H2/b6-5+. The first kappa shape index (κ1) is 24.8. The van der Waals surface area contributed by atoms with Crippen LogP contribution in [0.15, 0.2) is 48.8 Å². The molecule has 6 rings (SSSR count). The van der Waals surface area contributed by atoms with E-state index in [9.17, 15) is 10.2 Å². The Kier molecular flexibility index (Phi) is 7.20. The fourth-order valence-corrected chi connectivity index (χ4v) is 5.32. The normalized spacial score (nSPS) is 17.6. The number of nitrogens with zero attached hydrogens (tertiary/aromatic N) is 4. The third kappa shape index (κ3) is 5.08. The highest BCUT2D eigenvalue weighted by Crippen LogP contribution is 2.35. The Balaban J connectivity index is 1.40. The molecule has 2 aromatic heterocycles. The Morgan fingerprint density at radius 1 is 0.684 bits per heavy atom. The van der Waals surface area contributed by atoms with E-state index < -0.39 is 0 Å². The van der Waals surface area contributed by atoms with Crippen LogP contribution in [0.5, 0.6) is 11.5 Å². The molecule has 0 spiro atoms. The van der Waals surface area contributed by atoms with E-state index in [1.807, 2.05) is 24.3 Å². The van der Waals surface area contributed by atoms with Gasteiger partial charge in [0.2, 0.25) is 0 Å². The van der Waals surface area contributed by atoms with Gasteiger partial charge in [0.05, 0.1) is 26.4 Å². The molecule has 38 heavy (non-hydrogen) atoms. The van der Waals surface area contributed by atoms with Crippen molar-refractivity contribution in [2.24, 2.45) is 0 Å². The molecule has 0 bridgehead atoms. The molecule has 8 nitrogen and oxygen atoms in total. The highest BCUT2D eigenvalue weighted by Gasteiger charge is 2.18. The van der Waals surface area contributed by atoms with Crippen molar-refractivity contribution >= 4 is 34.0 Å². The summed E-state index contributed by atoms with van der Waals surface area (Å²) in [7, 11) is 0. The largest absolute Gasteiger partial charge is 0.505 e. The van der Waals surface area contributed by atoms with Gasteiger partial charge in [0.15, 0.2) is 0 Å². The number of hydrogen-bond donors (Lipinski definition) is 2. The minimum absolute atomic E-state index is 0.233. The molecular weight excluding hydrogens is 480 g/mol. The fourth-order valence-electron chi connectivity index (χ4n) is 5.32. The Morgan fingerprint density at radius 3 is 1.53 bits per heavy atom. The topological polar surface area (TPSA) is 91.2 Å². The molecule has 4 heterocycles. The predicted molar refractivity (Wildman–Crippen MR) is 148 cm³/mol. The molecule has 0 aliphatic carbocycles. The lowest BCUT2D eigenvalue weighted by Crippen LogP contribution is -2.35. The highest BCUT2D eigenvalue weighted by molar-refractivity contribution is 5.98. The number of ether oxygens (including phenoxy) is 2. The van der Waals surface area contributed by atoms with Crippen LogP contribution in [0.3, 0.4) is 0 Å². The van der Waals surface area contributed by atoms with Crippen molar-refractivity contribution in [3.8, 4) is 11.5 Å². The van der Waals surface area contributed by atoms with E-state index in [-0.39, 0.29) is 11.5 Å². The number of hydrogen-bond acceptors (Lipinski definition) is 8. The van der Waals surface area contributed by atoms with Gasteiger partial charge in [0.1, 0.15) is 22.5 Å². The highest BCUT2D eigenvalue weighted by atomic mass is 16.5. The molecule has 2 fully saturated rings. The maximum Gasteiger partial charge on any atom is 0.146 e. The summed E-state index contributed by atoms with van der Waals surface area (Å²) in [6.45, 7) is 7.43. The molecule has 0 amide bonds. The van der Waals surface area contributed by atoms with Crippen LogP contribution >= 0.6 is 0 Å². The third-order valence-corrected chi connectivity index (χ3v) is 7.39. The lowest BCUT2D eigenvalue weighted by Gasteiger charge is -2.27. The quantitative estimate of drug-likeness (QED) is 0.374. The fraction of sp³-hybridized carbons (Fsp3) is 0.333. The molecule has 4 aromatic rings. The number of morpholine rings is 2. The Bertz CT molecular complexity index is 1370. The van der Waals surface area contributed by atoms with Crippen LogP contribution in [0.4, 0.5) is 0 Å². The maximum absolute atomic E-state index is 11.1. The second kappa shape index (κ2) is 11.0. The lowest BCUT2D eigenvalue weighted by molar-refractivity contribution is 0.0338. The molecule has 0 unspecified atom stereocenters. The van der Waals surface area contributed by atoms with Gasteiger partial charge < -0.3 is 19.7 Å². The predicted octanol–water partition coefficient (Wildman–Crippen LogP) is 4.03. The van der Waals surface area contributed by atoms with E-state index in [1.54, 1.807) is 12.4 Å². The number of phenols is 2. The van der Waals surface area contributed by atoms with Crippen LogP contribution in [-0.2, 0) is 22.6 Å². The molecule has 2 aliphatic rings. The first-order valence-electron chi connectivity index (χ1n) is 13.1. The van der Waals surface area contributed by atoms with Gasteiger partial charge in [-0.25, -0.2) is 0 Å². The van der Waals surface area contributed by atoms with Crippen LogP contribution in [0.25, 0.3) is 34.0 Å². The minimum Gasteiger partial charge on any atom is -0.505 e. The van der Waals surface area contributed by atoms with Gasteiger partial charge in [-0.1, -0.05) is 24.3 Å². The Labute approximate surface area is 221 Å². The van der Waals surface area contributed by atoms with Gasteiger partial charge >= 0.3 is 0 Å². The second-order valence-electron chi connectivity index (χ2n) is 9.86. The van der Waals surface area contributed by atoms with Gasteiger partial charge in [0, 0.05) is 73.6 Å². The Morgan fingerprint density at radius 2 is 1.11 bits per heavy atom. The number of aromatic nitrogens is 2. The molecule has 0 atom stereocenters. The van der Waals surface area contributed by atoms with E-state index >= 15 is 0 Å². The molecule has 8 heteroatoms. The maximum atomic E-state index is 11.1. The second-order valence-corrected chi connectivity index (χ2v) is 9.86. The average Bonchev–Trinajstić information content (AvgIpc) is 2.97. The van der Waals surface area contributed by atoms with Crippen molar-refractivity contribution in [2.45, 2.75) is 13.1 Å². The van der Waals surface area contributed by atoms with E-state index in [4.69, 9.17) is 9.47 Å². The zero-order chi connectivity index (χ0) is 25.9. The molecular formula is C30H32N4O4. The monoisotopic (exact) mass is 512 g/mol. The molecule has 2 N–H and O–H groups in total. The number of rotatable bonds is 6. The summed E-state index contributed by atoms with van der Waals surface area (Å²) < 4.78 is 11.0. The van der Waals surface area contributed by atoms with Crippen molar-refractivity contribution in [1.82, 2.24) is 19.8 Å². The zero-order valence-electron chi connectivity index (χ0n) is 21.3. The minimum atomic E-state index is 0.233. The molecule has 2 aromatic carbocycles. The first-order valence-corrected chi connectivity index (χ1v) is 13.1. The van der Waals surface area contributed by atoms with Crippen molar-refractivity contribution in [1.29, 1.82) is 0 Å². The summed E-state index contributed by atoms with van der Waals surface area (Å²) in [5, 5.41) is 23.9. The van der Waals surface area contributed by atoms with Gasteiger partial charge in [-0.3, -0.25) is 19.8 Å². The van der Waals surface area contributed by atoms with Gasteiger partial charge in [-0.2, -0.15) is 0 Å². The van der Waals surface area contributed by atoms with Crippen LogP contribution < -0.4 is 0 Å². The Hall–Kier alpha value is -3.56. The number of aromatic hydroxyl groups is 2. The van der Waals surface area contributed by atoms with E-state index in [0.29, 0.717) is 50.6 Å². The summed E-state index contributed by atoms with van der Waals surface area (Å²) >= 11 is 0. The smallest absolute Gasteiger partial charge is 0.146 e. The number of fused-ring (bicyclic) bond motifs is 2. The summed E-state index contributed by atoms with van der Waals surface area (Å²) in [5.74, 6) is 0.465. The van der Waals surface area contributed by atoms with E-state index in [0.717, 1.165) is 59.2 Å². The third-order valence-electron chi connectivity index (χ3n) is 7.39. The van der Waals surface area contributed by atoms with Crippen LogP contribution in [-0.4, -0.2) is 82.6 Å². The van der Waals surface area contributed by atoms with Crippen LogP contribution in [0.2, 0.25) is 0 Å². The summed E-state index contributed by atoms with van der Waals surface area (Å²) in [5.41, 5.74) is 4.86. The van der Waals surface area contributed by atoms with E-state index in [1.165, 1.54) is 0 Å². The van der Waals surface area contributed by atoms with Gasteiger partial charge in [-0.15, -0.1) is 0 Å². The van der Waals surface area contributed by atoms with Gasteiger partial charge in [0.25, 0.3) is 0 Å². The molecule has 2 aliphatic heterocycles. The lowest BCUT2D eigenvalue weighted by atomic mass is 9.98. The molecule has 196 valence electrons. The molecule has 0 radical (unpaired) electrons. The zero-order valence-corrected chi connectivity index (χ0v) is 21.3. The SMILES string of the molecule is Oc1c(CN2CCOCC2)cc(/C=C/c2cc(CN3CCOCC3)c(O)c3ncccc23)c2cccnc12. The number of pyridine rings is 2. The summed E-state index contributed by atoms with van der Waals surface area (Å²) in [4.78, 5) is 13.6. The van der Waals surface area contributed by atoms with Crippen molar-refractivity contribution in [3.63, 3.8) is 0 Å². The summed E-state index contributed by atoms with van der Waals surface area (Å²) in [6, 6.07) is 11.9. The van der Waals surface area contributed by atoms with Crippen LogP contribution in [0, 0.1) is 0 Å². The number of benzene rings is 2. The molecule has 0 saturated carbocycles. The average molecular weight is 513 g/mol. The van der Waals surface area contributed by atoms with E-state index in [2.05, 4.69) is 44.1 Å². The van der Waals surface area contributed by atoms with Crippen molar-refractivity contribution in [3.05, 3.63) is 71.0 Å².